The third kappa shape index (κ3) is 65.2. The number of rotatable bonds is 0. The van der Waals surface area contributed by atoms with Crippen molar-refractivity contribution in [3.05, 3.63) is 0 Å². The van der Waals surface area contributed by atoms with Gasteiger partial charge in [-0.15, -0.1) is 0 Å². The van der Waals surface area contributed by atoms with Crippen molar-refractivity contribution in [3.8, 4) is 0 Å². The molecule has 0 aromatic carbocycles. The van der Waals surface area contributed by atoms with Gasteiger partial charge in [0.2, 0.25) is 0 Å². The van der Waals surface area contributed by atoms with Crippen LogP contribution in [0.25, 0.3) is 0 Å². The van der Waals surface area contributed by atoms with Crippen LogP contribution >= 0.6 is 0 Å². The van der Waals surface area contributed by atoms with Crippen LogP contribution in [-0.2, 0) is 0 Å². The molecule has 0 atom stereocenters. The maximum atomic E-state index is 6.00. The van der Waals surface area contributed by atoms with Crippen molar-refractivity contribution in [2.45, 2.75) is 0 Å². The molecule has 0 saturated carbocycles. The Kier molecular flexibility index (Phi) is 1150. The van der Waals surface area contributed by atoms with Crippen LogP contribution in [0.15, 0.2) is 0 Å². The van der Waals surface area contributed by atoms with E-state index in [0.29, 0.717) is 0 Å². The van der Waals surface area contributed by atoms with E-state index in [1.54, 1.807) is 0 Å². The Morgan fingerprint density at radius 1 is 0.667 bits per heavy atom. The Hall–Kier alpha value is 1.18. The molecule has 0 aliphatic heterocycles. The van der Waals surface area contributed by atoms with Gasteiger partial charge in [-0.05, 0) is 0 Å². The topological polar surface area (TPSA) is 135 Å². The van der Waals surface area contributed by atoms with Crippen molar-refractivity contribution in [2.75, 3.05) is 0 Å². The molecule has 0 unspecified atom stereocenters. The monoisotopic (exact) mass is 228 g/mol. The molecule has 0 heterocycles. The Labute approximate surface area is 68.2 Å². The molecule has 0 radical (unpaired) electrons. The van der Waals surface area contributed by atoms with Gasteiger partial charge in [0, 0.05) is 41.7 Å². The van der Waals surface area contributed by atoms with Gasteiger partial charge in [-0.25, -0.2) is 0 Å². The third-order valence-corrected chi connectivity index (χ3v) is 0. The van der Waals surface area contributed by atoms with Crippen LogP contribution < -0.4 is 0 Å². The summed E-state index contributed by atoms with van der Waals surface area (Å²) in [4.78, 5) is 0. The van der Waals surface area contributed by atoms with Crippen molar-refractivity contribution in [1.82, 2.24) is 0 Å². The minimum Gasteiger partial charge on any atom is -0.412 e. The molecule has 0 aliphatic carbocycles. The summed E-state index contributed by atoms with van der Waals surface area (Å²) in [6, 6.07) is 0. The first kappa shape index (κ1) is 57.8. The maximum Gasteiger partial charge on any atom is 0 e. The summed E-state index contributed by atoms with van der Waals surface area (Å²) >= 11 is 0. The van der Waals surface area contributed by atoms with Crippen LogP contribution in [0, 0.1) is 41.7 Å². The fraction of sp³-hybridized carbons (Fsp3) is 0. The van der Waals surface area contributed by atoms with E-state index in [1.807, 2.05) is 0 Å². The van der Waals surface area contributed by atoms with E-state index < -0.39 is 0 Å². The fourth-order valence-electron chi connectivity index (χ4n) is 0. The molecule has 0 bridgehead atoms. The van der Waals surface area contributed by atoms with Gasteiger partial charge in [0.15, 0.2) is 0 Å². The molecule has 42 valence electrons. The number of hydrogen-bond donors (Lipinski definition) is 2. The third-order valence-electron chi connectivity index (χ3n) is 0. The maximum absolute atomic E-state index is 6.00. The minimum absolute atomic E-state index is 0. The quantitative estimate of drug-likeness (QED) is 0.351. The Morgan fingerprint density at radius 2 is 0.667 bits per heavy atom. The summed E-state index contributed by atoms with van der Waals surface area (Å²) in [6.07, 6.45) is 0. The fourth-order valence-corrected chi connectivity index (χ4v) is 0. The van der Waals surface area contributed by atoms with Crippen LogP contribution in [0.2, 0.25) is 0 Å². The molecule has 0 aromatic rings. The van der Waals surface area contributed by atoms with E-state index in [2.05, 4.69) is 0 Å². The number of hydrogen-bond acceptors (Lipinski definition) is 2. The average Bonchev–Trinajstić information content (AvgIpc) is 1.00. The van der Waals surface area contributed by atoms with Crippen molar-refractivity contribution in [3.63, 3.8) is 0 Å². The van der Waals surface area contributed by atoms with Crippen LogP contribution in [0.5, 0.6) is 0 Å². The van der Waals surface area contributed by atoms with Crippen LogP contribution in [-0.4, -0.2) is 26.9 Å². The molecule has 0 rings (SSSR count). The first-order chi connectivity index (χ1) is 1.00. The normalized spacial score (nSPS) is 1.00. The molecule has 0 spiro atoms. The summed E-state index contributed by atoms with van der Waals surface area (Å²) in [5.41, 5.74) is 0. The molecule has 0 fully saturated rings. The smallest absolute Gasteiger partial charge is 0 e. The zero-order valence-corrected chi connectivity index (χ0v) is 6.03. The summed E-state index contributed by atoms with van der Waals surface area (Å²) in [6.45, 7) is 0. The zero-order valence-electron chi connectivity index (χ0n) is 2.89. The van der Waals surface area contributed by atoms with Gasteiger partial charge in [0.05, 0.1) is 0 Å². The molecule has 8 N–H and O–H groups in total. The molecule has 0 amide bonds. The van der Waals surface area contributed by atoms with Crippen molar-refractivity contribution < 1.29 is 68.7 Å². The molecule has 0 aliphatic rings. The van der Waals surface area contributed by atoms with Gasteiger partial charge in [-0.2, -0.15) is 0 Å². The zero-order chi connectivity index (χ0) is 2.00. The predicted molar refractivity (Wildman–Crippen MR) is 16.1 cm³/mol. The van der Waals surface area contributed by atoms with Crippen molar-refractivity contribution in [1.29, 1.82) is 0 Å². The van der Waals surface area contributed by atoms with Gasteiger partial charge < -0.3 is 16.4 Å². The second-order valence-electron chi connectivity index (χ2n) is 0. The standard InChI is InChI=1S/Ce.H2O2.3H2O/c;1-2;;;/h;1-2H;3*1H2. The minimum atomic E-state index is 0. The average molecular weight is 228 g/mol. The first-order valence-corrected chi connectivity index (χ1v) is 0.200. The van der Waals surface area contributed by atoms with E-state index in [4.69, 9.17) is 10.5 Å². The second-order valence-corrected chi connectivity index (χ2v) is 0. The SMILES string of the molecule is O.O.O.OO.[Ce]. The Bertz CT molecular complexity index is 3.90. The van der Waals surface area contributed by atoms with E-state index in [-0.39, 0.29) is 58.2 Å². The first-order valence-electron chi connectivity index (χ1n) is 0.200. The molecule has 0 saturated heterocycles. The summed E-state index contributed by atoms with van der Waals surface area (Å²) in [7, 11) is 0. The molecule has 5 nitrogen and oxygen atoms in total. The van der Waals surface area contributed by atoms with E-state index in [0.717, 1.165) is 0 Å². The predicted octanol–water partition coefficient (Wildman–Crippen LogP) is -2.46. The molecule has 6 heavy (non-hydrogen) atoms. The molecular formula is H8CeO5. The molecule has 6 heteroatoms. The van der Waals surface area contributed by atoms with Crippen LogP contribution in [0.1, 0.15) is 0 Å². The van der Waals surface area contributed by atoms with E-state index >= 15 is 0 Å². The van der Waals surface area contributed by atoms with Gasteiger partial charge in [0.25, 0.3) is 0 Å². The van der Waals surface area contributed by atoms with Gasteiger partial charge in [0.1, 0.15) is 0 Å². The van der Waals surface area contributed by atoms with E-state index in [9.17, 15) is 0 Å². The molecule has 0 aromatic heterocycles. The summed E-state index contributed by atoms with van der Waals surface area (Å²) in [5.74, 6) is 0. The Balaban J connectivity index is -0.000000000833. The van der Waals surface area contributed by atoms with E-state index in [1.165, 1.54) is 0 Å². The van der Waals surface area contributed by atoms with Crippen LogP contribution in [0.4, 0.5) is 0 Å². The van der Waals surface area contributed by atoms with Gasteiger partial charge in [-0.3, -0.25) is 10.5 Å². The molecular weight excluding hydrogens is 220 g/mol. The second kappa shape index (κ2) is 120. The Morgan fingerprint density at radius 3 is 0.667 bits per heavy atom. The van der Waals surface area contributed by atoms with Crippen molar-refractivity contribution in [2.24, 2.45) is 0 Å². The summed E-state index contributed by atoms with van der Waals surface area (Å²) < 4.78 is 0. The van der Waals surface area contributed by atoms with Gasteiger partial charge in [-0.1, -0.05) is 0 Å². The largest absolute Gasteiger partial charge is 0.412 e. The van der Waals surface area contributed by atoms with Gasteiger partial charge >= 0.3 is 0 Å². The van der Waals surface area contributed by atoms with Crippen LogP contribution in [0.3, 0.4) is 0 Å². The van der Waals surface area contributed by atoms with Crippen molar-refractivity contribution >= 4 is 0 Å². The summed E-state index contributed by atoms with van der Waals surface area (Å²) in [5, 5.41) is 12.0.